The van der Waals surface area contributed by atoms with Crippen LogP contribution in [0.5, 0.6) is 0 Å². The van der Waals surface area contributed by atoms with Gasteiger partial charge < -0.3 is 20.3 Å². The fraction of sp³-hybridized carbons (Fsp3) is 0.611. The molecule has 0 unspecified atom stereocenters. The summed E-state index contributed by atoms with van der Waals surface area (Å²) in [5.41, 5.74) is 0.438. The Hall–Kier alpha value is -1.80. The number of carbonyl (C=O) groups is 2. The molecule has 142 valence electrons. The van der Waals surface area contributed by atoms with E-state index < -0.39 is 5.60 Å². The minimum atomic E-state index is -0.459. The van der Waals surface area contributed by atoms with Crippen molar-refractivity contribution in [1.82, 2.24) is 15.2 Å². The molecule has 3 heterocycles. The van der Waals surface area contributed by atoms with Crippen molar-refractivity contribution in [2.45, 2.75) is 44.2 Å². The summed E-state index contributed by atoms with van der Waals surface area (Å²) in [6.07, 6.45) is 0.737. The fourth-order valence-electron chi connectivity index (χ4n) is 3.00. The first kappa shape index (κ1) is 19.0. The molecule has 3 rings (SSSR count). The number of thioether (sulfide) groups is 1. The highest BCUT2D eigenvalue weighted by atomic mass is 32.2. The zero-order chi connectivity index (χ0) is 18.7. The molecule has 0 aromatic carbocycles. The molecule has 2 N–H and O–H groups in total. The molecule has 2 aliphatic rings. The molecule has 26 heavy (non-hydrogen) atoms. The highest BCUT2D eigenvalue weighted by molar-refractivity contribution is 8.00. The molecule has 0 spiro atoms. The van der Waals surface area contributed by atoms with Crippen molar-refractivity contribution in [2.24, 2.45) is 5.92 Å². The summed E-state index contributed by atoms with van der Waals surface area (Å²) in [6, 6.07) is 3.99. The lowest BCUT2D eigenvalue weighted by Gasteiger charge is -2.24. The first-order chi connectivity index (χ1) is 12.3. The van der Waals surface area contributed by atoms with Gasteiger partial charge in [0.25, 0.3) is 0 Å². The van der Waals surface area contributed by atoms with Crippen LogP contribution in [0.4, 0.5) is 10.6 Å². The third-order valence-electron chi connectivity index (χ3n) is 4.21. The van der Waals surface area contributed by atoms with Gasteiger partial charge in [-0.2, -0.15) is 0 Å². The Kier molecular flexibility index (Phi) is 5.72. The van der Waals surface area contributed by atoms with Crippen LogP contribution >= 0.6 is 11.8 Å². The zero-order valence-electron chi connectivity index (χ0n) is 15.5. The molecular weight excluding hydrogens is 352 g/mol. The van der Waals surface area contributed by atoms with E-state index in [1.54, 1.807) is 4.90 Å². The van der Waals surface area contributed by atoms with Gasteiger partial charge in [0.2, 0.25) is 5.91 Å². The van der Waals surface area contributed by atoms with Crippen LogP contribution in [0.15, 0.2) is 17.0 Å². The Morgan fingerprint density at radius 2 is 2.27 bits per heavy atom. The van der Waals surface area contributed by atoms with Crippen LogP contribution in [0.2, 0.25) is 0 Å². The number of aromatic nitrogens is 1. The third kappa shape index (κ3) is 5.11. The van der Waals surface area contributed by atoms with E-state index in [-0.39, 0.29) is 12.0 Å². The van der Waals surface area contributed by atoms with Gasteiger partial charge in [-0.1, -0.05) is 0 Å². The van der Waals surface area contributed by atoms with Gasteiger partial charge in [-0.05, 0) is 45.2 Å². The minimum absolute atomic E-state index is 0.00620. The van der Waals surface area contributed by atoms with E-state index in [4.69, 9.17) is 4.74 Å². The molecule has 1 atom stereocenters. The van der Waals surface area contributed by atoms with Crippen LogP contribution < -0.4 is 10.6 Å². The maximum Gasteiger partial charge on any atom is 0.410 e. The van der Waals surface area contributed by atoms with Crippen molar-refractivity contribution in [3.05, 3.63) is 17.8 Å². The summed E-state index contributed by atoms with van der Waals surface area (Å²) >= 11 is 1.51. The number of fused-ring (bicyclic) bond motifs is 1. The number of anilines is 1. The number of amides is 2. The van der Waals surface area contributed by atoms with Crippen LogP contribution in [0.3, 0.4) is 0 Å². The normalized spacial score (nSPS) is 19.9. The van der Waals surface area contributed by atoms with Crippen LogP contribution in [0.25, 0.3) is 0 Å². The number of nitrogens with one attached hydrogen (secondary N) is 2. The van der Waals surface area contributed by atoms with E-state index in [9.17, 15) is 9.59 Å². The Bertz CT molecular complexity index is 690. The van der Waals surface area contributed by atoms with Crippen LogP contribution in [0, 0.1) is 5.92 Å². The molecule has 0 radical (unpaired) electrons. The van der Waals surface area contributed by atoms with Crippen LogP contribution in [-0.2, 0) is 16.1 Å². The van der Waals surface area contributed by atoms with Gasteiger partial charge in [0.15, 0.2) is 0 Å². The molecule has 1 aromatic rings. The standard InChI is InChI=1S/C18H26N4O3S/c1-18(2,3)25-17(24)22-7-6-12(10-22)8-19-9-13-4-5-14-16(20-13)21-15(23)11-26-14/h4-5,12,19H,6-11H2,1-3H3,(H,20,21,23)/t12-/m0/s1. The summed E-state index contributed by atoms with van der Waals surface area (Å²) in [4.78, 5) is 30.9. The van der Waals surface area contributed by atoms with E-state index in [2.05, 4.69) is 15.6 Å². The fourth-order valence-corrected chi connectivity index (χ4v) is 3.76. The van der Waals surface area contributed by atoms with E-state index >= 15 is 0 Å². The number of rotatable bonds is 4. The zero-order valence-corrected chi connectivity index (χ0v) is 16.3. The predicted octanol–water partition coefficient (Wildman–Crippen LogP) is 2.47. The van der Waals surface area contributed by atoms with Crippen molar-refractivity contribution in [3.63, 3.8) is 0 Å². The Morgan fingerprint density at radius 1 is 1.46 bits per heavy atom. The van der Waals surface area contributed by atoms with Gasteiger partial charge in [-0.25, -0.2) is 9.78 Å². The molecule has 0 aliphatic carbocycles. The van der Waals surface area contributed by atoms with Crippen LogP contribution in [0.1, 0.15) is 32.9 Å². The SMILES string of the molecule is CC(C)(C)OC(=O)N1CC[C@@H](CNCc2ccc3c(n2)NC(=O)CS3)C1. The van der Waals surface area contributed by atoms with Crippen molar-refractivity contribution in [2.75, 3.05) is 30.7 Å². The van der Waals surface area contributed by atoms with Crippen molar-refractivity contribution in [1.29, 1.82) is 0 Å². The van der Waals surface area contributed by atoms with Gasteiger partial charge in [0.1, 0.15) is 11.4 Å². The lowest BCUT2D eigenvalue weighted by molar-refractivity contribution is -0.113. The second kappa shape index (κ2) is 7.84. The average molecular weight is 378 g/mol. The monoisotopic (exact) mass is 378 g/mol. The third-order valence-corrected chi connectivity index (χ3v) is 5.26. The van der Waals surface area contributed by atoms with Crippen molar-refractivity contribution in [3.8, 4) is 0 Å². The number of likely N-dealkylation sites (tertiary alicyclic amines) is 1. The second-order valence-corrected chi connectivity index (χ2v) is 8.72. The summed E-state index contributed by atoms with van der Waals surface area (Å²) in [5.74, 6) is 1.51. The maximum absolute atomic E-state index is 12.1. The molecule has 1 fully saturated rings. The number of nitrogens with zero attached hydrogens (tertiary/aromatic N) is 2. The summed E-state index contributed by atoms with van der Waals surface area (Å²) in [6.45, 7) is 8.55. The van der Waals surface area contributed by atoms with Crippen molar-refractivity contribution >= 4 is 29.6 Å². The molecular formula is C18H26N4O3S. The number of hydrogen-bond donors (Lipinski definition) is 2. The highest BCUT2D eigenvalue weighted by Crippen LogP contribution is 2.29. The molecule has 1 saturated heterocycles. The van der Waals surface area contributed by atoms with E-state index in [1.807, 2.05) is 32.9 Å². The summed E-state index contributed by atoms with van der Waals surface area (Å²) < 4.78 is 5.43. The number of ether oxygens (including phenoxy) is 1. The van der Waals surface area contributed by atoms with Gasteiger partial charge in [-0.3, -0.25) is 4.79 Å². The topological polar surface area (TPSA) is 83.6 Å². The largest absolute Gasteiger partial charge is 0.444 e. The molecule has 1 aromatic heterocycles. The van der Waals surface area contributed by atoms with Gasteiger partial charge in [0.05, 0.1) is 16.3 Å². The molecule has 0 saturated carbocycles. The summed E-state index contributed by atoms with van der Waals surface area (Å²) in [5, 5.41) is 6.22. The first-order valence-electron chi connectivity index (χ1n) is 8.91. The van der Waals surface area contributed by atoms with Gasteiger partial charge >= 0.3 is 6.09 Å². The Morgan fingerprint density at radius 3 is 3.04 bits per heavy atom. The number of hydrogen-bond acceptors (Lipinski definition) is 6. The Labute approximate surface area is 158 Å². The van der Waals surface area contributed by atoms with Crippen LogP contribution in [-0.4, -0.2) is 52.9 Å². The van der Waals surface area contributed by atoms with E-state index in [1.165, 1.54) is 11.8 Å². The number of carbonyl (C=O) groups excluding carboxylic acids is 2. The molecule has 0 bridgehead atoms. The van der Waals surface area contributed by atoms with Crippen molar-refractivity contribution < 1.29 is 14.3 Å². The van der Waals surface area contributed by atoms with E-state index in [0.29, 0.717) is 30.6 Å². The molecule has 2 amide bonds. The quantitative estimate of drug-likeness (QED) is 0.837. The minimum Gasteiger partial charge on any atom is -0.444 e. The van der Waals surface area contributed by atoms with E-state index in [0.717, 1.165) is 30.1 Å². The first-order valence-corrected chi connectivity index (χ1v) is 9.90. The highest BCUT2D eigenvalue weighted by Gasteiger charge is 2.29. The average Bonchev–Trinajstić information content (AvgIpc) is 3.02. The number of pyridine rings is 1. The van der Waals surface area contributed by atoms with Gasteiger partial charge in [0, 0.05) is 26.2 Å². The molecule has 7 nitrogen and oxygen atoms in total. The van der Waals surface area contributed by atoms with Gasteiger partial charge in [-0.15, -0.1) is 11.8 Å². The molecule has 8 heteroatoms. The lowest BCUT2D eigenvalue weighted by atomic mass is 10.1. The maximum atomic E-state index is 12.1. The summed E-state index contributed by atoms with van der Waals surface area (Å²) in [7, 11) is 0. The lowest BCUT2D eigenvalue weighted by Crippen LogP contribution is -2.36. The predicted molar refractivity (Wildman–Crippen MR) is 101 cm³/mol. The Balaban J connectivity index is 1.44. The molecule has 2 aliphatic heterocycles. The smallest absolute Gasteiger partial charge is 0.410 e. The second-order valence-electron chi connectivity index (χ2n) is 7.70.